The standard InChI is InChI=1S/C16H11BrClFN2/c17-8-7-14-15(10-3-1-4-11(19)9-10)21-16-12(18)5-2-6-13(16)20-14/h1-6,9H,7-8H2. The number of fused-ring (bicyclic) bond motifs is 1. The molecular weight excluding hydrogens is 355 g/mol. The van der Waals surface area contributed by atoms with Crippen molar-refractivity contribution in [1.29, 1.82) is 0 Å². The van der Waals surface area contributed by atoms with Crippen molar-refractivity contribution >= 4 is 38.6 Å². The van der Waals surface area contributed by atoms with E-state index in [0.717, 1.165) is 16.5 Å². The molecule has 106 valence electrons. The van der Waals surface area contributed by atoms with E-state index in [1.54, 1.807) is 12.1 Å². The molecule has 0 saturated heterocycles. The smallest absolute Gasteiger partial charge is 0.123 e. The van der Waals surface area contributed by atoms with Crippen LogP contribution in [0, 0.1) is 5.82 Å². The van der Waals surface area contributed by atoms with Crippen LogP contribution in [0.15, 0.2) is 42.5 Å². The Balaban J connectivity index is 2.28. The Hall–Kier alpha value is -1.52. The average Bonchev–Trinajstić information content (AvgIpc) is 2.47. The lowest BCUT2D eigenvalue weighted by molar-refractivity contribution is 0.628. The molecule has 0 saturated carbocycles. The van der Waals surface area contributed by atoms with Crippen molar-refractivity contribution in [3.8, 4) is 11.3 Å². The van der Waals surface area contributed by atoms with Crippen LogP contribution in [0.25, 0.3) is 22.3 Å². The highest BCUT2D eigenvalue weighted by atomic mass is 79.9. The molecule has 3 rings (SSSR count). The zero-order chi connectivity index (χ0) is 14.8. The van der Waals surface area contributed by atoms with Crippen molar-refractivity contribution < 1.29 is 4.39 Å². The zero-order valence-electron chi connectivity index (χ0n) is 11.0. The number of para-hydroxylation sites is 1. The molecular formula is C16H11BrClFN2. The second-order valence-corrected chi connectivity index (χ2v) is 5.78. The highest BCUT2D eigenvalue weighted by Gasteiger charge is 2.12. The van der Waals surface area contributed by atoms with E-state index >= 15 is 0 Å². The third-order valence-corrected chi connectivity index (χ3v) is 3.85. The van der Waals surface area contributed by atoms with E-state index in [1.807, 2.05) is 18.2 Å². The fourth-order valence-electron chi connectivity index (χ4n) is 2.21. The average molecular weight is 366 g/mol. The molecule has 0 amide bonds. The van der Waals surface area contributed by atoms with Gasteiger partial charge in [0, 0.05) is 17.3 Å². The van der Waals surface area contributed by atoms with Crippen LogP contribution in [0.1, 0.15) is 5.69 Å². The molecule has 0 fully saturated rings. The molecule has 3 aromatic rings. The molecule has 0 N–H and O–H groups in total. The molecule has 2 aromatic carbocycles. The second kappa shape index (κ2) is 6.08. The first-order valence-electron chi connectivity index (χ1n) is 6.46. The van der Waals surface area contributed by atoms with Gasteiger partial charge in [0.15, 0.2) is 0 Å². The van der Waals surface area contributed by atoms with Crippen LogP contribution in [0.4, 0.5) is 4.39 Å². The number of halogens is 3. The SMILES string of the molecule is Fc1cccc(-c2nc3c(Cl)cccc3nc2CCBr)c1. The Labute approximate surface area is 135 Å². The number of hydrogen-bond donors (Lipinski definition) is 0. The molecule has 0 unspecified atom stereocenters. The minimum Gasteiger partial charge on any atom is -0.249 e. The minimum absolute atomic E-state index is 0.293. The third-order valence-electron chi connectivity index (χ3n) is 3.15. The zero-order valence-corrected chi connectivity index (χ0v) is 13.3. The molecule has 0 spiro atoms. The van der Waals surface area contributed by atoms with Gasteiger partial charge in [-0.2, -0.15) is 0 Å². The van der Waals surface area contributed by atoms with Gasteiger partial charge in [-0.1, -0.05) is 45.7 Å². The van der Waals surface area contributed by atoms with Gasteiger partial charge in [-0.15, -0.1) is 0 Å². The minimum atomic E-state index is -0.293. The quantitative estimate of drug-likeness (QED) is 0.609. The summed E-state index contributed by atoms with van der Waals surface area (Å²) in [6, 6.07) is 11.9. The first kappa shape index (κ1) is 14.4. The largest absolute Gasteiger partial charge is 0.249 e. The summed E-state index contributed by atoms with van der Waals surface area (Å²) in [6.45, 7) is 0. The van der Waals surface area contributed by atoms with Gasteiger partial charge in [0.1, 0.15) is 11.3 Å². The Morgan fingerprint density at radius 2 is 1.90 bits per heavy atom. The highest BCUT2D eigenvalue weighted by Crippen LogP contribution is 2.27. The summed E-state index contributed by atoms with van der Waals surface area (Å²) < 4.78 is 13.5. The summed E-state index contributed by atoms with van der Waals surface area (Å²) in [6.07, 6.45) is 0.710. The van der Waals surface area contributed by atoms with Gasteiger partial charge < -0.3 is 0 Å². The van der Waals surface area contributed by atoms with Crippen molar-refractivity contribution in [2.45, 2.75) is 6.42 Å². The summed E-state index contributed by atoms with van der Waals surface area (Å²) in [5.41, 5.74) is 3.59. The summed E-state index contributed by atoms with van der Waals surface area (Å²) in [5.74, 6) is -0.293. The van der Waals surface area contributed by atoms with Crippen LogP contribution in [0.2, 0.25) is 5.02 Å². The van der Waals surface area contributed by atoms with Crippen LogP contribution < -0.4 is 0 Å². The van der Waals surface area contributed by atoms with Crippen LogP contribution in [0.5, 0.6) is 0 Å². The van der Waals surface area contributed by atoms with Gasteiger partial charge in [-0.05, 0) is 24.3 Å². The highest BCUT2D eigenvalue weighted by molar-refractivity contribution is 9.09. The number of benzene rings is 2. The molecule has 2 nitrogen and oxygen atoms in total. The van der Waals surface area contributed by atoms with Crippen LogP contribution in [-0.2, 0) is 6.42 Å². The molecule has 0 aliphatic heterocycles. The molecule has 1 heterocycles. The van der Waals surface area contributed by atoms with E-state index in [9.17, 15) is 4.39 Å². The van der Waals surface area contributed by atoms with Crippen LogP contribution >= 0.6 is 27.5 Å². The van der Waals surface area contributed by atoms with Gasteiger partial charge in [0.05, 0.1) is 21.9 Å². The monoisotopic (exact) mass is 364 g/mol. The van der Waals surface area contributed by atoms with E-state index in [-0.39, 0.29) is 5.82 Å². The summed E-state index contributed by atoms with van der Waals surface area (Å²) >= 11 is 9.61. The lowest BCUT2D eigenvalue weighted by Crippen LogP contribution is -2.00. The van der Waals surface area contributed by atoms with Crippen LogP contribution in [-0.4, -0.2) is 15.3 Å². The summed E-state index contributed by atoms with van der Waals surface area (Å²) in [4.78, 5) is 9.26. The Morgan fingerprint density at radius 1 is 1.10 bits per heavy atom. The summed E-state index contributed by atoms with van der Waals surface area (Å²) in [7, 11) is 0. The lowest BCUT2D eigenvalue weighted by Gasteiger charge is -2.10. The molecule has 5 heteroatoms. The predicted molar refractivity (Wildman–Crippen MR) is 87.4 cm³/mol. The fraction of sp³-hybridized carbons (Fsp3) is 0.125. The number of hydrogen-bond acceptors (Lipinski definition) is 2. The van der Waals surface area contributed by atoms with Crippen molar-refractivity contribution in [3.05, 3.63) is 59.0 Å². The maximum atomic E-state index is 13.5. The number of nitrogens with zero attached hydrogens (tertiary/aromatic N) is 2. The molecule has 0 atom stereocenters. The van der Waals surface area contributed by atoms with Gasteiger partial charge in [0.2, 0.25) is 0 Å². The third kappa shape index (κ3) is 2.92. The van der Waals surface area contributed by atoms with Gasteiger partial charge in [-0.3, -0.25) is 0 Å². The molecule has 0 aliphatic carbocycles. The van der Waals surface area contributed by atoms with Crippen LogP contribution in [0.3, 0.4) is 0 Å². The molecule has 0 bridgehead atoms. The lowest BCUT2D eigenvalue weighted by atomic mass is 10.1. The predicted octanol–water partition coefficient (Wildman–Crippen LogP) is 5.03. The molecule has 1 aromatic heterocycles. The van der Waals surface area contributed by atoms with Gasteiger partial charge in [0.25, 0.3) is 0 Å². The maximum Gasteiger partial charge on any atom is 0.123 e. The fourth-order valence-corrected chi connectivity index (χ4v) is 2.80. The maximum absolute atomic E-state index is 13.5. The second-order valence-electron chi connectivity index (χ2n) is 4.58. The van der Waals surface area contributed by atoms with Gasteiger partial charge >= 0.3 is 0 Å². The van der Waals surface area contributed by atoms with E-state index in [1.165, 1.54) is 12.1 Å². The first-order valence-corrected chi connectivity index (χ1v) is 7.96. The van der Waals surface area contributed by atoms with Crippen molar-refractivity contribution in [1.82, 2.24) is 9.97 Å². The number of rotatable bonds is 3. The number of aromatic nitrogens is 2. The normalized spacial score (nSPS) is 11.0. The Morgan fingerprint density at radius 3 is 2.67 bits per heavy atom. The van der Waals surface area contributed by atoms with Crippen molar-refractivity contribution in [2.24, 2.45) is 0 Å². The molecule has 0 radical (unpaired) electrons. The van der Waals surface area contributed by atoms with Crippen molar-refractivity contribution in [2.75, 3.05) is 5.33 Å². The first-order chi connectivity index (χ1) is 10.2. The van der Waals surface area contributed by atoms with Gasteiger partial charge in [-0.25, -0.2) is 14.4 Å². The van der Waals surface area contributed by atoms with E-state index in [4.69, 9.17) is 11.6 Å². The van der Waals surface area contributed by atoms with E-state index < -0.39 is 0 Å². The topological polar surface area (TPSA) is 25.8 Å². The van der Waals surface area contributed by atoms with E-state index in [0.29, 0.717) is 28.2 Å². The van der Waals surface area contributed by atoms with Crippen molar-refractivity contribution in [3.63, 3.8) is 0 Å². The van der Waals surface area contributed by atoms with E-state index in [2.05, 4.69) is 25.9 Å². The number of aryl methyl sites for hydroxylation is 1. The molecule has 0 aliphatic rings. The summed E-state index contributed by atoms with van der Waals surface area (Å²) in [5, 5.41) is 1.30. The number of alkyl halides is 1. The Bertz CT molecular complexity index is 807. The Kier molecular flexibility index (Phi) is 4.17. The molecule has 21 heavy (non-hydrogen) atoms.